The summed E-state index contributed by atoms with van der Waals surface area (Å²) >= 11 is 0. The number of fused-ring (bicyclic) bond motifs is 1. The number of hydrogen-bond donors (Lipinski definition) is 1. The van der Waals surface area contributed by atoms with Crippen molar-refractivity contribution in [1.29, 1.82) is 0 Å². The van der Waals surface area contributed by atoms with E-state index in [0.717, 1.165) is 4.31 Å². The number of aliphatic hydroxyl groups is 1. The van der Waals surface area contributed by atoms with E-state index >= 15 is 0 Å². The molecule has 0 fully saturated rings. The lowest BCUT2D eigenvalue weighted by Gasteiger charge is -2.27. The maximum Gasteiger partial charge on any atom is 0.251 e. The van der Waals surface area contributed by atoms with Crippen molar-refractivity contribution in [2.45, 2.75) is 19.4 Å². The van der Waals surface area contributed by atoms with Gasteiger partial charge in [-0.3, -0.25) is 9.78 Å². The summed E-state index contributed by atoms with van der Waals surface area (Å²) in [7, 11) is -2.44. The Hall–Kier alpha value is -2.61. The third-order valence-electron chi connectivity index (χ3n) is 4.38. The number of Topliss-reactive ketones (excluding diaryl/α,β-unsaturated/α-hetero) is 1. The summed E-state index contributed by atoms with van der Waals surface area (Å²) in [5, 5.41) is 10.9. The van der Waals surface area contributed by atoms with Gasteiger partial charge in [-0.25, -0.2) is 12.7 Å². The molecule has 0 bridgehead atoms. The van der Waals surface area contributed by atoms with Crippen molar-refractivity contribution in [2.24, 2.45) is 0 Å². The molecule has 0 radical (unpaired) electrons. The molecule has 8 heteroatoms. The van der Waals surface area contributed by atoms with Crippen LogP contribution in [0, 0.1) is 0 Å². The molecule has 132 valence electrons. The number of pyridine rings is 1. The zero-order valence-electron chi connectivity index (χ0n) is 14.1. The van der Waals surface area contributed by atoms with Gasteiger partial charge in [0.2, 0.25) is 15.8 Å². The first-order valence-electron chi connectivity index (χ1n) is 7.70. The topological polar surface area (TPSA) is 96.8 Å². The summed E-state index contributed by atoms with van der Waals surface area (Å²) in [6.07, 6.45) is 1.54. The molecule has 0 saturated heterocycles. The third kappa shape index (κ3) is 2.53. The van der Waals surface area contributed by atoms with E-state index < -0.39 is 27.2 Å². The van der Waals surface area contributed by atoms with Crippen LogP contribution >= 0.6 is 0 Å². The Kier molecular flexibility index (Phi) is 3.95. The summed E-state index contributed by atoms with van der Waals surface area (Å²) in [6.45, 7) is 2.97. The van der Waals surface area contributed by atoms with E-state index in [1.54, 1.807) is 30.5 Å². The fourth-order valence-electron chi connectivity index (χ4n) is 2.83. The molecular weight excluding hydrogens is 344 g/mol. The highest BCUT2D eigenvalue weighted by molar-refractivity contribution is 7.89. The predicted octanol–water partition coefficient (Wildman–Crippen LogP) is 2.06. The summed E-state index contributed by atoms with van der Waals surface area (Å²) in [5.41, 5.74) is -0.369. The summed E-state index contributed by atoms with van der Waals surface area (Å²) in [5.74, 6) is -1.96. The summed E-state index contributed by atoms with van der Waals surface area (Å²) in [6, 6.07) is 8.84. The van der Waals surface area contributed by atoms with Gasteiger partial charge in [0.25, 0.3) is 11.7 Å². The number of rotatable bonds is 4. The molecule has 1 N–H and O–H groups in total. The van der Waals surface area contributed by atoms with Crippen LogP contribution in [0.3, 0.4) is 0 Å². The number of ketones is 1. The molecule has 2 heterocycles. The first kappa shape index (κ1) is 17.2. The normalized spacial score (nSPS) is 20.8. The molecule has 7 nitrogen and oxygen atoms in total. The number of nitrogens with zero attached hydrogens (tertiary/aromatic N) is 2. The van der Waals surface area contributed by atoms with E-state index in [4.69, 9.17) is 4.74 Å². The van der Waals surface area contributed by atoms with Gasteiger partial charge in [-0.15, -0.1) is 0 Å². The van der Waals surface area contributed by atoms with Gasteiger partial charge in [-0.1, -0.05) is 18.2 Å². The highest BCUT2D eigenvalue weighted by atomic mass is 32.2. The molecule has 0 amide bonds. The van der Waals surface area contributed by atoms with E-state index in [0.29, 0.717) is 16.5 Å². The minimum absolute atomic E-state index is 0.188. The Bertz CT molecular complexity index is 994. The lowest BCUT2D eigenvalue weighted by atomic mass is 9.89. The first-order chi connectivity index (χ1) is 11.7. The standard InChI is InChI=1S/C17H18N2O5S/c1-4-25(22,23)19(3)16-14(20)15(21)17(2,24-16)12-9-10-18-13-8-6-5-7-11(12)13/h5-10,20H,4H2,1-3H3. The molecule has 1 aromatic carbocycles. The van der Waals surface area contributed by atoms with Gasteiger partial charge >= 0.3 is 0 Å². The van der Waals surface area contributed by atoms with Gasteiger partial charge in [0.15, 0.2) is 5.60 Å². The van der Waals surface area contributed by atoms with Crippen molar-refractivity contribution in [3.05, 3.63) is 53.7 Å². The number of aliphatic hydroxyl groups excluding tert-OH is 1. The Morgan fingerprint density at radius 2 is 1.96 bits per heavy atom. The smallest absolute Gasteiger partial charge is 0.251 e. The fourth-order valence-corrected chi connectivity index (χ4v) is 3.60. The molecular formula is C17H18N2O5S. The molecule has 1 unspecified atom stereocenters. The van der Waals surface area contributed by atoms with E-state index in [-0.39, 0.29) is 11.6 Å². The van der Waals surface area contributed by atoms with Gasteiger partial charge in [0, 0.05) is 24.2 Å². The molecule has 1 aliphatic heterocycles. The van der Waals surface area contributed by atoms with Crippen LogP contribution in [0.15, 0.2) is 48.2 Å². The predicted molar refractivity (Wildman–Crippen MR) is 92.1 cm³/mol. The highest BCUT2D eigenvalue weighted by Crippen LogP contribution is 2.41. The second-order valence-electron chi connectivity index (χ2n) is 5.86. The zero-order valence-corrected chi connectivity index (χ0v) is 14.9. The van der Waals surface area contributed by atoms with Gasteiger partial charge < -0.3 is 9.84 Å². The van der Waals surface area contributed by atoms with Crippen LogP contribution in [0.25, 0.3) is 10.9 Å². The minimum Gasteiger partial charge on any atom is -0.501 e. The van der Waals surface area contributed by atoms with E-state index in [9.17, 15) is 18.3 Å². The Morgan fingerprint density at radius 3 is 2.64 bits per heavy atom. The maximum absolute atomic E-state index is 12.7. The van der Waals surface area contributed by atoms with E-state index in [1.165, 1.54) is 20.9 Å². The zero-order chi connectivity index (χ0) is 18.4. The van der Waals surface area contributed by atoms with Crippen molar-refractivity contribution in [3.8, 4) is 0 Å². The second-order valence-corrected chi connectivity index (χ2v) is 8.15. The SMILES string of the molecule is CCS(=O)(=O)N(C)C1=C(O)C(=O)C(C)(c2ccnc3ccccc23)O1. The van der Waals surface area contributed by atoms with Gasteiger partial charge in [-0.2, -0.15) is 0 Å². The van der Waals surface area contributed by atoms with Crippen LogP contribution in [0.1, 0.15) is 19.4 Å². The van der Waals surface area contributed by atoms with Crippen LogP contribution in [0.4, 0.5) is 0 Å². The molecule has 1 atom stereocenters. The Labute approximate surface area is 145 Å². The second kappa shape index (κ2) is 5.73. The van der Waals surface area contributed by atoms with Crippen LogP contribution in [0.5, 0.6) is 0 Å². The van der Waals surface area contributed by atoms with Crippen LogP contribution < -0.4 is 0 Å². The lowest BCUT2D eigenvalue weighted by Crippen LogP contribution is -2.33. The highest BCUT2D eigenvalue weighted by Gasteiger charge is 2.50. The minimum atomic E-state index is -3.69. The quantitative estimate of drug-likeness (QED) is 0.894. The van der Waals surface area contributed by atoms with Gasteiger partial charge in [0.1, 0.15) is 0 Å². The molecule has 0 spiro atoms. The number of benzene rings is 1. The molecule has 1 aliphatic rings. The molecule has 25 heavy (non-hydrogen) atoms. The monoisotopic (exact) mass is 362 g/mol. The molecule has 2 aromatic rings. The number of sulfonamides is 1. The first-order valence-corrected chi connectivity index (χ1v) is 9.31. The average Bonchev–Trinajstić information content (AvgIpc) is 2.85. The average molecular weight is 362 g/mol. The summed E-state index contributed by atoms with van der Waals surface area (Å²) in [4.78, 5) is 17.0. The molecule has 1 aromatic heterocycles. The van der Waals surface area contributed by atoms with Crippen molar-refractivity contribution >= 4 is 26.7 Å². The Morgan fingerprint density at radius 1 is 1.28 bits per heavy atom. The maximum atomic E-state index is 12.7. The largest absolute Gasteiger partial charge is 0.501 e. The summed E-state index contributed by atoms with van der Waals surface area (Å²) < 4.78 is 30.7. The lowest BCUT2D eigenvalue weighted by molar-refractivity contribution is -0.132. The third-order valence-corrected chi connectivity index (χ3v) is 6.11. The number of hydrogen-bond acceptors (Lipinski definition) is 6. The van der Waals surface area contributed by atoms with E-state index in [1.807, 2.05) is 6.07 Å². The molecule has 3 rings (SSSR count). The van der Waals surface area contributed by atoms with Crippen LogP contribution in [-0.2, 0) is 25.2 Å². The molecule has 0 saturated carbocycles. The van der Waals surface area contributed by atoms with E-state index in [2.05, 4.69) is 4.98 Å². The van der Waals surface area contributed by atoms with Crippen LogP contribution in [-0.4, -0.2) is 41.4 Å². The Balaban J connectivity index is 2.12. The number of aromatic nitrogens is 1. The van der Waals surface area contributed by atoms with Crippen molar-refractivity contribution in [3.63, 3.8) is 0 Å². The number of carbonyl (C=O) groups is 1. The van der Waals surface area contributed by atoms with Gasteiger partial charge in [0.05, 0.1) is 11.3 Å². The van der Waals surface area contributed by atoms with Crippen molar-refractivity contribution in [1.82, 2.24) is 9.29 Å². The molecule has 0 aliphatic carbocycles. The van der Waals surface area contributed by atoms with Crippen LogP contribution in [0.2, 0.25) is 0 Å². The number of ether oxygens (including phenoxy) is 1. The number of carbonyl (C=O) groups excluding carboxylic acids is 1. The number of para-hydroxylation sites is 1. The van der Waals surface area contributed by atoms with Crippen molar-refractivity contribution < 1.29 is 23.1 Å². The van der Waals surface area contributed by atoms with Gasteiger partial charge in [-0.05, 0) is 26.0 Å². The fraction of sp³-hybridized carbons (Fsp3) is 0.294. The van der Waals surface area contributed by atoms with Crippen molar-refractivity contribution in [2.75, 3.05) is 12.8 Å².